The van der Waals surface area contributed by atoms with Crippen molar-refractivity contribution in [2.75, 3.05) is 12.4 Å². The Morgan fingerprint density at radius 3 is 2.69 bits per heavy atom. The number of amides is 2. The van der Waals surface area contributed by atoms with Gasteiger partial charge in [0, 0.05) is 17.9 Å². The lowest BCUT2D eigenvalue weighted by atomic mass is 9.88. The molecule has 2 aliphatic rings. The molecule has 1 aliphatic carbocycles. The third kappa shape index (κ3) is 5.99. The first-order valence-electron chi connectivity index (χ1n) is 11.3. The Kier molecular flexibility index (Phi) is 8.88. The van der Waals surface area contributed by atoms with E-state index in [4.69, 9.17) is 16.6 Å². The normalized spacial score (nSPS) is 20.2. The number of rotatable bonds is 2. The predicted molar refractivity (Wildman–Crippen MR) is 128 cm³/mol. The minimum absolute atomic E-state index is 0.0552. The summed E-state index contributed by atoms with van der Waals surface area (Å²) in [5.41, 5.74) is 6.50. The van der Waals surface area contributed by atoms with E-state index in [-0.39, 0.29) is 23.8 Å². The number of hydrogen-bond acceptors (Lipinski definition) is 4. The van der Waals surface area contributed by atoms with Crippen LogP contribution >= 0.6 is 11.6 Å². The van der Waals surface area contributed by atoms with E-state index in [2.05, 4.69) is 21.4 Å². The molecule has 0 radical (unpaired) electrons. The highest BCUT2D eigenvalue weighted by molar-refractivity contribution is 6.32. The summed E-state index contributed by atoms with van der Waals surface area (Å²) in [6, 6.07) is 7.19. The summed E-state index contributed by atoms with van der Waals surface area (Å²) in [6.45, 7) is 0. The van der Waals surface area contributed by atoms with Crippen molar-refractivity contribution < 1.29 is 9.59 Å². The van der Waals surface area contributed by atoms with Crippen LogP contribution in [0.3, 0.4) is 0 Å². The SMILES string of the molecule is CN.O=C1CC/C=C/CC(NC(=O)C2CCCCC2)c2nc(c(Cl)[nH]2)-c2ccccc2N1. The van der Waals surface area contributed by atoms with Crippen LogP contribution < -0.4 is 16.4 Å². The maximum Gasteiger partial charge on any atom is 0.224 e. The molecular formula is C24H32ClN5O2. The van der Waals surface area contributed by atoms with Crippen molar-refractivity contribution in [2.45, 2.75) is 57.4 Å². The molecule has 4 rings (SSSR count). The highest BCUT2D eigenvalue weighted by Gasteiger charge is 2.26. The maximum absolute atomic E-state index is 12.9. The molecule has 1 aliphatic heterocycles. The molecule has 1 saturated carbocycles. The molecule has 32 heavy (non-hydrogen) atoms. The number of halogens is 1. The van der Waals surface area contributed by atoms with Gasteiger partial charge in [-0.25, -0.2) is 4.98 Å². The van der Waals surface area contributed by atoms with Crippen LogP contribution in [-0.2, 0) is 9.59 Å². The number of hydrogen-bond donors (Lipinski definition) is 4. The van der Waals surface area contributed by atoms with Gasteiger partial charge in [-0.2, -0.15) is 0 Å². The summed E-state index contributed by atoms with van der Waals surface area (Å²) in [7, 11) is 1.50. The summed E-state index contributed by atoms with van der Waals surface area (Å²) < 4.78 is 0. The second-order valence-corrected chi connectivity index (χ2v) is 8.40. The molecule has 8 heteroatoms. The number of fused-ring (bicyclic) bond motifs is 4. The van der Waals surface area contributed by atoms with Crippen LogP contribution in [0.1, 0.15) is 63.2 Å². The van der Waals surface area contributed by atoms with Crippen LogP contribution in [0.2, 0.25) is 5.15 Å². The number of benzene rings is 1. The summed E-state index contributed by atoms with van der Waals surface area (Å²) in [6.07, 6.45) is 10.9. The lowest BCUT2D eigenvalue weighted by Crippen LogP contribution is -2.35. The van der Waals surface area contributed by atoms with Gasteiger partial charge in [0.2, 0.25) is 11.8 Å². The van der Waals surface area contributed by atoms with E-state index in [1.165, 1.54) is 13.5 Å². The summed E-state index contributed by atoms with van der Waals surface area (Å²) in [5, 5.41) is 6.54. The van der Waals surface area contributed by atoms with Gasteiger partial charge in [-0.05, 0) is 38.8 Å². The number of nitrogens with one attached hydrogen (secondary N) is 3. The average molecular weight is 458 g/mol. The van der Waals surface area contributed by atoms with Crippen molar-refractivity contribution in [3.05, 3.63) is 47.4 Å². The van der Waals surface area contributed by atoms with Gasteiger partial charge < -0.3 is 21.4 Å². The lowest BCUT2D eigenvalue weighted by Gasteiger charge is -2.23. The number of aromatic amines is 1. The Morgan fingerprint density at radius 1 is 1.16 bits per heavy atom. The lowest BCUT2D eigenvalue weighted by molar-refractivity contribution is -0.126. The molecule has 1 atom stereocenters. The minimum Gasteiger partial charge on any atom is -0.346 e. The number of aromatic nitrogens is 2. The van der Waals surface area contributed by atoms with Crippen LogP contribution in [0.15, 0.2) is 36.4 Å². The van der Waals surface area contributed by atoms with E-state index in [9.17, 15) is 9.59 Å². The average Bonchev–Trinajstić information content (AvgIpc) is 3.21. The van der Waals surface area contributed by atoms with Gasteiger partial charge in [-0.15, -0.1) is 0 Å². The number of nitrogens with two attached hydrogens (primary N) is 1. The highest BCUT2D eigenvalue weighted by atomic mass is 35.5. The van der Waals surface area contributed by atoms with E-state index < -0.39 is 0 Å². The van der Waals surface area contributed by atoms with Crippen LogP contribution in [0.4, 0.5) is 5.69 Å². The Balaban J connectivity index is 0.00000141. The molecule has 2 bridgehead atoms. The van der Waals surface area contributed by atoms with Crippen molar-refractivity contribution >= 4 is 29.1 Å². The number of anilines is 1. The number of nitrogens with zero attached hydrogens (tertiary/aromatic N) is 1. The highest BCUT2D eigenvalue weighted by Crippen LogP contribution is 2.34. The third-order valence-corrected chi connectivity index (χ3v) is 6.11. The van der Waals surface area contributed by atoms with Gasteiger partial charge in [0.05, 0.1) is 11.7 Å². The first kappa shape index (κ1) is 24.0. The van der Waals surface area contributed by atoms with Gasteiger partial charge in [0.1, 0.15) is 16.7 Å². The number of carbonyl (C=O) groups excluding carboxylic acids is 2. The Morgan fingerprint density at radius 2 is 1.91 bits per heavy atom. The topological polar surface area (TPSA) is 113 Å². The molecule has 5 N–H and O–H groups in total. The van der Waals surface area contributed by atoms with Crippen molar-refractivity contribution in [2.24, 2.45) is 11.7 Å². The molecular weight excluding hydrogens is 426 g/mol. The van der Waals surface area contributed by atoms with Crippen molar-refractivity contribution in [3.8, 4) is 11.3 Å². The van der Waals surface area contributed by atoms with Gasteiger partial charge in [-0.1, -0.05) is 61.2 Å². The smallest absolute Gasteiger partial charge is 0.224 e. The summed E-state index contributed by atoms with van der Waals surface area (Å²) in [5.74, 6) is 0.730. The fourth-order valence-corrected chi connectivity index (χ4v) is 4.42. The van der Waals surface area contributed by atoms with Crippen LogP contribution in [0.5, 0.6) is 0 Å². The number of allylic oxidation sites excluding steroid dienone is 1. The predicted octanol–water partition coefficient (Wildman–Crippen LogP) is 4.72. The number of carbonyl (C=O) groups is 2. The number of imidazole rings is 1. The van der Waals surface area contributed by atoms with Crippen molar-refractivity contribution in [3.63, 3.8) is 0 Å². The van der Waals surface area contributed by atoms with Gasteiger partial charge >= 0.3 is 0 Å². The zero-order chi connectivity index (χ0) is 22.9. The van der Waals surface area contributed by atoms with Crippen molar-refractivity contribution in [1.29, 1.82) is 0 Å². The summed E-state index contributed by atoms with van der Waals surface area (Å²) >= 11 is 6.50. The zero-order valence-electron chi connectivity index (χ0n) is 18.5. The molecule has 1 fully saturated rings. The van der Waals surface area contributed by atoms with Crippen LogP contribution in [0, 0.1) is 5.92 Å². The Labute approximate surface area is 194 Å². The molecule has 0 spiro atoms. The van der Waals surface area contributed by atoms with Crippen LogP contribution in [0.25, 0.3) is 11.3 Å². The summed E-state index contributed by atoms with van der Waals surface area (Å²) in [4.78, 5) is 33.1. The molecule has 1 aromatic heterocycles. The van der Waals surface area contributed by atoms with Crippen molar-refractivity contribution in [1.82, 2.24) is 15.3 Å². The molecule has 2 amide bonds. The van der Waals surface area contributed by atoms with Gasteiger partial charge in [0.15, 0.2) is 0 Å². The maximum atomic E-state index is 12.9. The zero-order valence-corrected chi connectivity index (χ0v) is 19.3. The molecule has 172 valence electrons. The fraction of sp³-hybridized carbons (Fsp3) is 0.458. The molecule has 0 saturated heterocycles. The standard InChI is InChI=1S/C23H27ClN4O2.CH5N/c24-21-20-16-11-7-8-12-17(16)25-19(29)14-6-2-5-13-18(22(27-20)28-21)26-23(30)15-9-3-1-4-10-15;1-2/h2,5,7-8,11-12,15,18H,1,3-4,6,9-10,13-14H2,(H,25,29)(H,26,30)(H,27,28);2H2,1H3/b5-2+;. The molecule has 2 heterocycles. The first-order chi connectivity index (χ1) is 15.6. The van der Waals surface area contributed by atoms with Gasteiger partial charge in [-0.3, -0.25) is 9.59 Å². The van der Waals surface area contributed by atoms with Gasteiger partial charge in [0.25, 0.3) is 0 Å². The number of H-pyrrole nitrogens is 1. The quantitative estimate of drug-likeness (QED) is 0.488. The Hall–Kier alpha value is -2.64. The molecule has 1 unspecified atom stereocenters. The largest absolute Gasteiger partial charge is 0.346 e. The second kappa shape index (κ2) is 11.8. The monoisotopic (exact) mass is 457 g/mol. The minimum atomic E-state index is -0.293. The van der Waals surface area contributed by atoms with E-state index >= 15 is 0 Å². The first-order valence-corrected chi connectivity index (χ1v) is 11.7. The molecule has 1 aromatic carbocycles. The third-order valence-electron chi connectivity index (χ3n) is 5.83. The molecule has 7 nitrogen and oxygen atoms in total. The van der Waals surface area contributed by atoms with E-state index in [0.717, 1.165) is 31.2 Å². The second-order valence-electron chi connectivity index (χ2n) is 8.02. The molecule has 2 aromatic rings. The van der Waals surface area contributed by atoms with E-state index in [1.807, 2.05) is 36.4 Å². The number of para-hydroxylation sites is 1. The Bertz CT molecular complexity index is 950. The fourth-order valence-electron chi connectivity index (χ4n) is 4.18. The van der Waals surface area contributed by atoms with E-state index in [1.54, 1.807) is 0 Å². The van der Waals surface area contributed by atoms with E-state index in [0.29, 0.717) is 41.6 Å². The van der Waals surface area contributed by atoms with Crippen LogP contribution in [-0.4, -0.2) is 28.8 Å².